The largest absolute Gasteiger partial charge is 0.406 e. The van der Waals surface area contributed by atoms with Crippen molar-refractivity contribution in [2.75, 3.05) is 13.2 Å². The van der Waals surface area contributed by atoms with Crippen LogP contribution >= 0.6 is 0 Å². The maximum Gasteiger partial charge on any atom is 0.261 e. The Balaban J connectivity index is 1.69. The van der Waals surface area contributed by atoms with Crippen LogP contribution in [0, 0.1) is 5.92 Å². The molecule has 29 heavy (non-hydrogen) atoms. The van der Waals surface area contributed by atoms with E-state index in [4.69, 9.17) is 4.43 Å². The van der Waals surface area contributed by atoms with Crippen molar-refractivity contribution in [3.8, 4) is 0 Å². The lowest BCUT2D eigenvalue weighted by atomic mass is 9.97. The molecule has 2 saturated heterocycles. The Morgan fingerprint density at radius 3 is 2.03 bits per heavy atom. The Morgan fingerprint density at radius 2 is 1.52 bits per heavy atom. The molecule has 0 saturated carbocycles. The highest BCUT2D eigenvalue weighted by molar-refractivity contribution is 6.99. The van der Waals surface area contributed by atoms with Crippen LogP contribution in [0.25, 0.3) is 0 Å². The summed E-state index contributed by atoms with van der Waals surface area (Å²) in [4.78, 5) is 2.67. The molecule has 0 N–H and O–H groups in total. The highest BCUT2D eigenvalue weighted by atomic mass is 28.4. The first-order valence-electron chi connectivity index (χ1n) is 11.0. The van der Waals surface area contributed by atoms with Gasteiger partial charge in [0, 0.05) is 18.6 Å². The van der Waals surface area contributed by atoms with Crippen LogP contribution in [0.15, 0.2) is 72.8 Å². The van der Waals surface area contributed by atoms with E-state index in [9.17, 15) is 0 Å². The fourth-order valence-corrected chi connectivity index (χ4v) is 10.2. The highest BCUT2D eigenvalue weighted by Gasteiger charge is 2.51. The maximum absolute atomic E-state index is 7.20. The van der Waals surface area contributed by atoms with E-state index < -0.39 is 8.32 Å². The summed E-state index contributed by atoms with van der Waals surface area (Å²) < 4.78 is 7.20. The molecule has 2 aliphatic rings. The fraction of sp³-hybridized carbons (Fsp3) is 0.462. The van der Waals surface area contributed by atoms with E-state index in [0.717, 1.165) is 13.2 Å². The van der Waals surface area contributed by atoms with E-state index >= 15 is 0 Å². The van der Waals surface area contributed by atoms with Crippen molar-refractivity contribution in [2.24, 2.45) is 5.92 Å². The molecule has 2 fully saturated rings. The summed E-state index contributed by atoms with van der Waals surface area (Å²) in [7, 11) is -2.44. The maximum atomic E-state index is 7.20. The second kappa shape index (κ2) is 7.86. The van der Waals surface area contributed by atoms with Crippen LogP contribution in [0.3, 0.4) is 0 Å². The third-order valence-electron chi connectivity index (χ3n) is 7.21. The second-order valence-corrected chi connectivity index (χ2v) is 14.2. The molecule has 0 radical (unpaired) electrons. The van der Waals surface area contributed by atoms with Gasteiger partial charge in [-0.05, 0) is 34.2 Å². The molecule has 3 atom stereocenters. The van der Waals surface area contributed by atoms with Crippen LogP contribution in [0.1, 0.15) is 40.5 Å². The standard InChI is InChI=1S/C26H35NOSi/c1-20-18-27-22(16-17-25(27)21(20)2)19-28-29(26(3,4)5,23-12-8-6-9-13-23)24-14-10-7-11-15-24/h6-15,21-22,25H,1,16-19H2,2-5H3/t21?,22-,25-/m0/s1. The van der Waals surface area contributed by atoms with E-state index in [1.54, 1.807) is 0 Å². The summed E-state index contributed by atoms with van der Waals surface area (Å²) in [5, 5.41) is 2.77. The van der Waals surface area contributed by atoms with Gasteiger partial charge >= 0.3 is 0 Å². The van der Waals surface area contributed by atoms with Crippen molar-refractivity contribution in [3.05, 3.63) is 72.8 Å². The lowest BCUT2D eigenvalue weighted by Gasteiger charge is -2.44. The van der Waals surface area contributed by atoms with Crippen LogP contribution < -0.4 is 10.4 Å². The average molecular weight is 406 g/mol. The normalized spacial score (nSPS) is 25.4. The topological polar surface area (TPSA) is 12.5 Å². The van der Waals surface area contributed by atoms with Crippen molar-refractivity contribution in [1.29, 1.82) is 0 Å². The van der Waals surface area contributed by atoms with Gasteiger partial charge in [0.2, 0.25) is 0 Å². The molecule has 4 rings (SSSR count). The Hall–Kier alpha value is -1.68. The van der Waals surface area contributed by atoms with Gasteiger partial charge in [-0.3, -0.25) is 4.90 Å². The van der Waals surface area contributed by atoms with Crippen molar-refractivity contribution in [3.63, 3.8) is 0 Å². The summed E-state index contributed by atoms with van der Waals surface area (Å²) in [6, 6.07) is 23.1. The molecule has 2 heterocycles. The number of benzene rings is 2. The van der Waals surface area contributed by atoms with E-state index in [-0.39, 0.29) is 5.04 Å². The predicted octanol–water partition coefficient (Wildman–Crippen LogP) is 4.60. The molecule has 0 aliphatic carbocycles. The molecule has 2 aliphatic heterocycles. The molecule has 2 nitrogen and oxygen atoms in total. The molecule has 0 bridgehead atoms. The third-order valence-corrected chi connectivity index (χ3v) is 12.2. The molecule has 154 valence electrons. The number of fused-ring (bicyclic) bond motifs is 1. The van der Waals surface area contributed by atoms with Gasteiger partial charge in [0.05, 0.1) is 6.61 Å². The molecule has 0 aromatic heterocycles. The Morgan fingerprint density at radius 1 is 0.966 bits per heavy atom. The fourth-order valence-electron chi connectivity index (χ4n) is 5.56. The van der Waals surface area contributed by atoms with Crippen molar-refractivity contribution in [1.82, 2.24) is 4.90 Å². The molecule has 2 aromatic carbocycles. The molecular formula is C26H35NOSi. The van der Waals surface area contributed by atoms with Crippen molar-refractivity contribution < 1.29 is 4.43 Å². The predicted molar refractivity (Wildman–Crippen MR) is 125 cm³/mol. The van der Waals surface area contributed by atoms with Gasteiger partial charge in [-0.15, -0.1) is 0 Å². The van der Waals surface area contributed by atoms with Crippen LogP contribution in [-0.4, -0.2) is 38.5 Å². The zero-order valence-corrected chi connectivity index (χ0v) is 19.4. The first kappa shape index (κ1) is 20.6. The highest BCUT2D eigenvalue weighted by Crippen LogP contribution is 2.41. The minimum absolute atomic E-state index is 0.0373. The molecule has 2 aromatic rings. The molecular weight excluding hydrogens is 370 g/mol. The van der Waals surface area contributed by atoms with Crippen LogP contribution in [0.4, 0.5) is 0 Å². The Bertz CT molecular complexity index is 803. The Kier molecular flexibility index (Phi) is 5.58. The zero-order valence-electron chi connectivity index (χ0n) is 18.4. The minimum Gasteiger partial charge on any atom is -0.406 e. The summed E-state index contributed by atoms with van der Waals surface area (Å²) in [5.74, 6) is 0.618. The van der Waals surface area contributed by atoms with Crippen molar-refractivity contribution >= 4 is 18.7 Å². The summed E-state index contributed by atoms with van der Waals surface area (Å²) in [5.41, 5.74) is 1.39. The summed E-state index contributed by atoms with van der Waals surface area (Å²) in [6.07, 6.45) is 2.51. The third kappa shape index (κ3) is 3.54. The van der Waals surface area contributed by atoms with E-state index in [2.05, 4.69) is 99.8 Å². The number of hydrogen-bond donors (Lipinski definition) is 0. The average Bonchev–Trinajstić information content (AvgIpc) is 3.23. The van der Waals surface area contributed by atoms with Gasteiger partial charge in [-0.2, -0.15) is 0 Å². The zero-order chi connectivity index (χ0) is 20.6. The number of hydrogen-bond acceptors (Lipinski definition) is 2. The van der Waals surface area contributed by atoms with E-state index in [0.29, 0.717) is 18.0 Å². The smallest absolute Gasteiger partial charge is 0.261 e. The first-order chi connectivity index (χ1) is 13.8. The number of nitrogens with zero attached hydrogens (tertiary/aromatic N) is 1. The molecule has 1 unspecified atom stereocenters. The van der Waals surface area contributed by atoms with Gasteiger partial charge in [0.15, 0.2) is 0 Å². The summed E-state index contributed by atoms with van der Waals surface area (Å²) in [6.45, 7) is 15.6. The van der Waals surface area contributed by atoms with Gasteiger partial charge in [-0.25, -0.2) is 0 Å². The van der Waals surface area contributed by atoms with E-state index in [1.807, 2.05) is 0 Å². The summed E-state index contributed by atoms with van der Waals surface area (Å²) >= 11 is 0. The van der Waals surface area contributed by atoms with Crippen LogP contribution in [0.2, 0.25) is 5.04 Å². The SMILES string of the molecule is C=C1CN2[C@H](CO[Si](c3ccccc3)(c3ccccc3)C(C)(C)C)CC[C@H]2C1C. The second-order valence-electron chi connectivity index (χ2n) is 9.89. The van der Waals surface area contributed by atoms with Crippen LogP contribution in [-0.2, 0) is 4.43 Å². The molecule has 0 amide bonds. The van der Waals surface area contributed by atoms with E-state index in [1.165, 1.54) is 28.8 Å². The number of rotatable bonds is 5. The molecule has 3 heteroatoms. The van der Waals surface area contributed by atoms with Gasteiger partial charge in [-0.1, -0.05) is 101 Å². The lowest BCUT2D eigenvalue weighted by Crippen LogP contribution is -2.67. The minimum atomic E-state index is -2.44. The lowest BCUT2D eigenvalue weighted by molar-refractivity contribution is 0.158. The van der Waals surface area contributed by atoms with Gasteiger partial charge in [0.1, 0.15) is 0 Å². The molecule has 0 spiro atoms. The van der Waals surface area contributed by atoms with Crippen molar-refractivity contribution in [2.45, 2.75) is 57.7 Å². The monoisotopic (exact) mass is 405 g/mol. The first-order valence-corrected chi connectivity index (χ1v) is 12.9. The van der Waals surface area contributed by atoms with Gasteiger partial charge in [0.25, 0.3) is 8.32 Å². The van der Waals surface area contributed by atoms with Crippen LogP contribution in [0.5, 0.6) is 0 Å². The quantitative estimate of drug-likeness (QED) is 0.532. The Labute approximate surface area is 177 Å². The van der Waals surface area contributed by atoms with Gasteiger partial charge < -0.3 is 4.43 Å².